The van der Waals surface area contributed by atoms with Crippen LogP contribution in [0.4, 0.5) is 0 Å². The van der Waals surface area contributed by atoms with Crippen molar-refractivity contribution in [3.63, 3.8) is 0 Å². The summed E-state index contributed by atoms with van der Waals surface area (Å²) in [6.07, 6.45) is 0. The molecule has 0 fully saturated rings. The topological polar surface area (TPSA) is 0 Å². The third-order valence-corrected chi connectivity index (χ3v) is 0. The Morgan fingerprint density at radius 3 is 1.25 bits per heavy atom. The average Bonchev–Trinajstić information content (AvgIpc) is 0. The van der Waals surface area contributed by atoms with E-state index >= 15 is 0 Å². The summed E-state index contributed by atoms with van der Waals surface area (Å²) in [6, 6.07) is 0. The molecule has 0 rings (SSSR count). The number of rotatable bonds is 0. The Bertz CT molecular complexity index is 16.0. The van der Waals surface area contributed by atoms with Gasteiger partial charge in [-0.05, 0) is 0 Å². The molecule has 0 spiro atoms. The Kier molecular flexibility index (Phi) is 92.7. The van der Waals surface area contributed by atoms with Gasteiger partial charge in [0, 0.05) is 52.4 Å². The molecule has 0 amide bonds. The van der Waals surface area contributed by atoms with Crippen molar-refractivity contribution in [3.8, 4) is 0 Å². The van der Waals surface area contributed by atoms with Gasteiger partial charge >= 0.3 is 83.2 Å². The van der Waals surface area contributed by atoms with E-state index in [2.05, 4.69) is 0 Å². The summed E-state index contributed by atoms with van der Waals surface area (Å²) >= 11 is 0. The largest absolute Gasteiger partial charge is 2.00 e. The van der Waals surface area contributed by atoms with Crippen molar-refractivity contribution < 1.29 is 58.1 Å². The van der Waals surface area contributed by atoms with Crippen molar-refractivity contribution in [2.24, 2.45) is 0 Å². The zero-order valence-electron chi connectivity index (χ0n) is 6.32. The normalized spacial score (nSPS) is 0. The smallest absolute Gasteiger partial charge is 1.00 e. The van der Waals surface area contributed by atoms with E-state index < -0.39 is 0 Å². The van der Waals surface area contributed by atoms with Crippen LogP contribution in [0.15, 0.2) is 0 Å². The van der Waals surface area contributed by atoms with Gasteiger partial charge in [-0.2, -0.15) is 0 Å². The molecular weight excluding hydrogens is 326 g/mol. The molecule has 0 bridgehead atoms. The molecule has 2 radical (unpaired) electrons. The Balaban J connectivity index is 0. The quantitative estimate of drug-likeness (QED) is 0.535. The zero-order chi connectivity index (χ0) is 0. The fourth-order valence-corrected chi connectivity index (χ4v) is 0. The van der Waals surface area contributed by atoms with Gasteiger partial charge < -0.3 is 5.71 Å². The predicted octanol–water partition coefficient (Wildman–Crippen LogP) is -0.314. The summed E-state index contributed by atoms with van der Waals surface area (Å²) in [4.78, 5) is 0. The molecule has 20 valence electrons. The van der Waals surface area contributed by atoms with Gasteiger partial charge in [-0.3, -0.25) is 0 Å². The van der Waals surface area contributed by atoms with Gasteiger partial charge in [0.2, 0.25) is 0 Å². The van der Waals surface area contributed by atoms with Gasteiger partial charge in [0.15, 0.2) is 0 Å². The molecule has 0 saturated carbocycles. The number of hydrogen-bond donors (Lipinski definition) is 0. The average molecular weight is 330 g/mol. The Morgan fingerprint density at radius 1 is 1.25 bits per heavy atom. The number of hydrogen-bond acceptors (Lipinski definition) is 0. The van der Waals surface area contributed by atoms with Crippen LogP contribution in [-0.4, -0.2) is 83.2 Å². The van der Waals surface area contributed by atoms with Crippen LogP contribution in [0.1, 0.15) is 5.71 Å². The fraction of sp³-hybridized carbons (Fsp3) is 0. The first-order valence-electron chi connectivity index (χ1n) is 0. The molecule has 4 heavy (non-hydrogen) atoms. The van der Waals surface area contributed by atoms with Crippen molar-refractivity contribution in [2.45, 2.75) is 0 Å². The second kappa shape index (κ2) is 15.7. The van der Waals surface area contributed by atoms with Crippen molar-refractivity contribution >= 4 is 83.2 Å². The molecule has 0 aromatic heterocycles. The maximum absolute atomic E-state index is 0. The van der Waals surface area contributed by atoms with Crippen LogP contribution in [0.3, 0.4) is 0 Å². The minimum Gasteiger partial charge on any atom is -1.00 e. The van der Waals surface area contributed by atoms with E-state index in [1.54, 1.807) is 0 Å². The molecule has 0 N–H and O–H groups in total. The van der Waals surface area contributed by atoms with Crippen LogP contribution in [-0.2, 0) is 16.8 Å². The van der Waals surface area contributed by atoms with Crippen LogP contribution < -0.4 is 0 Å². The van der Waals surface area contributed by atoms with E-state index in [1.165, 1.54) is 0 Å². The summed E-state index contributed by atoms with van der Waals surface area (Å²) in [5.41, 5.74) is 0. The Hall–Kier alpha value is 4.44. The monoisotopic (exact) mass is 330 g/mol. The van der Waals surface area contributed by atoms with Gasteiger partial charge in [-0.15, -0.1) is 0 Å². The van der Waals surface area contributed by atoms with E-state index in [1.807, 2.05) is 0 Å². The molecule has 0 aromatic carbocycles. The second-order valence-corrected chi connectivity index (χ2v) is 0. The maximum atomic E-state index is 0. The summed E-state index contributed by atoms with van der Waals surface area (Å²) in [5, 5.41) is 0. The van der Waals surface area contributed by atoms with Crippen molar-refractivity contribution in [1.29, 1.82) is 0 Å². The van der Waals surface area contributed by atoms with E-state index in [-0.39, 0.29) is 141 Å². The first-order valence-corrected chi connectivity index (χ1v) is 0. The van der Waals surface area contributed by atoms with Crippen LogP contribution in [0.25, 0.3) is 0 Å². The summed E-state index contributed by atoms with van der Waals surface area (Å²) < 4.78 is 0. The van der Waals surface area contributed by atoms with E-state index in [9.17, 15) is 0 Å². The first kappa shape index (κ1) is 23.7. The van der Waals surface area contributed by atoms with Crippen LogP contribution in [0.2, 0.25) is 0 Å². The zero-order valence-corrected chi connectivity index (χ0v) is 12.7. The van der Waals surface area contributed by atoms with Crippen LogP contribution >= 0.6 is 0 Å². The van der Waals surface area contributed by atoms with Crippen molar-refractivity contribution in [2.75, 3.05) is 0 Å². The molecule has 0 nitrogen and oxygen atoms in total. The first-order chi connectivity index (χ1) is 0. The van der Waals surface area contributed by atoms with Gasteiger partial charge in [-0.1, -0.05) is 0 Å². The molecule has 0 aromatic rings. The van der Waals surface area contributed by atoms with Gasteiger partial charge in [0.05, 0.1) is 0 Å². The van der Waals surface area contributed by atoms with Gasteiger partial charge in [-0.25, -0.2) is 0 Å². The standard InChI is InChI=1S/Ca.Co.La.Sr.4H/q+2;;;+2;4*-1. The minimum atomic E-state index is 0. The molecular formula is H4CaCoLaSr. The van der Waals surface area contributed by atoms with E-state index in [0.717, 1.165) is 0 Å². The van der Waals surface area contributed by atoms with Crippen LogP contribution in [0, 0.1) is 35.6 Å². The summed E-state index contributed by atoms with van der Waals surface area (Å²) in [7, 11) is 0. The Morgan fingerprint density at radius 2 is 1.25 bits per heavy atom. The summed E-state index contributed by atoms with van der Waals surface area (Å²) in [6.45, 7) is 0. The maximum Gasteiger partial charge on any atom is 2.00 e. The van der Waals surface area contributed by atoms with Gasteiger partial charge in [0.25, 0.3) is 0 Å². The second-order valence-electron chi connectivity index (χ2n) is 0. The van der Waals surface area contributed by atoms with Crippen molar-refractivity contribution in [3.05, 3.63) is 0 Å². The van der Waals surface area contributed by atoms with E-state index in [0.29, 0.717) is 0 Å². The Labute approximate surface area is 137 Å². The SMILES string of the molecule is [Ca+2].[Co].[H-].[H-].[H-].[H-].[La].[Sr+2]. The van der Waals surface area contributed by atoms with Gasteiger partial charge in [0.1, 0.15) is 0 Å². The van der Waals surface area contributed by atoms with Crippen LogP contribution in [0.5, 0.6) is 0 Å². The molecule has 0 aliphatic heterocycles. The molecule has 0 heterocycles. The fourth-order valence-electron chi connectivity index (χ4n) is 0. The molecule has 0 atom stereocenters. The minimum absolute atomic E-state index is 0. The third-order valence-electron chi connectivity index (χ3n) is 0. The molecule has 0 saturated heterocycles. The third kappa shape index (κ3) is 9.67. The summed E-state index contributed by atoms with van der Waals surface area (Å²) in [5.74, 6) is 0. The molecule has 0 aliphatic carbocycles. The predicted molar refractivity (Wildman–Crippen MR) is 16.0 cm³/mol. The van der Waals surface area contributed by atoms with Crippen molar-refractivity contribution in [1.82, 2.24) is 0 Å². The molecule has 0 unspecified atom stereocenters. The molecule has 4 heteroatoms. The van der Waals surface area contributed by atoms with E-state index in [4.69, 9.17) is 0 Å². The molecule has 0 aliphatic rings.